The van der Waals surface area contributed by atoms with Crippen LogP contribution in [0.5, 0.6) is 11.6 Å². The van der Waals surface area contributed by atoms with Gasteiger partial charge in [0.2, 0.25) is 11.7 Å². The maximum Gasteiger partial charge on any atom is 0.307 e. The van der Waals surface area contributed by atoms with E-state index in [1.165, 1.54) is 12.3 Å². The van der Waals surface area contributed by atoms with Crippen LogP contribution in [-0.4, -0.2) is 21.0 Å². The van der Waals surface area contributed by atoms with Gasteiger partial charge in [-0.2, -0.15) is 9.49 Å². The lowest BCUT2D eigenvalue weighted by atomic mass is 10.2. The molecule has 0 atom stereocenters. The molecule has 0 saturated heterocycles. The number of aromatic nitrogens is 2. The molecule has 1 aromatic heterocycles. The van der Waals surface area contributed by atoms with Crippen molar-refractivity contribution in [1.82, 2.24) is 10.2 Å². The Morgan fingerprint density at radius 3 is 2.71 bits per heavy atom. The molecule has 108 valence electrons. The van der Waals surface area contributed by atoms with Gasteiger partial charge in [0.05, 0.1) is 22.7 Å². The molecule has 2 rings (SSSR count). The molecule has 21 heavy (non-hydrogen) atoms. The largest absolute Gasteiger partial charge is 0.434 e. The van der Waals surface area contributed by atoms with Crippen molar-refractivity contribution in [2.75, 3.05) is 0 Å². The van der Waals surface area contributed by atoms with Crippen molar-refractivity contribution < 1.29 is 18.4 Å². The van der Waals surface area contributed by atoms with Crippen LogP contribution in [-0.2, 0) is 0 Å². The van der Waals surface area contributed by atoms with Crippen LogP contribution in [0.1, 0.15) is 5.56 Å². The second kappa shape index (κ2) is 5.45. The minimum absolute atomic E-state index is 0.0168. The molecule has 0 unspecified atom stereocenters. The lowest BCUT2D eigenvalue weighted by molar-refractivity contribution is -0.387. The monoisotopic (exact) mass is 295 g/mol. The fourth-order valence-corrected chi connectivity index (χ4v) is 1.44. The van der Waals surface area contributed by atoms with Crippen LogP contribution in [0, 0.1) is 27.2 Å². The Morgan fingerprint density at radius 2 is 2.10 bits per heavy atom. The molecule has 8 nitrogen and oxygen atoms in total. The van der Waals surface area contributed by atoms with Crippen LogP contribution < -0.4 is 10.5 Å². The third kappa shape index (κ3) is 2.88. The Hall–Kier alpha value is -3.17. The van der Waals surface area contributed by atoms with Gasteiger partial charge in [-0.05, 0) is 6.07 Å². The first-order chi connectivity index (χ1) is 9.90. The SMILES string of the molecule is N=C(N)c1ccnnc1Oc1cc(F)c([N+](=O)[O-])cc1F. The molecule has 0 aliphatic heterocycles. The molecule has 0 bridgehead atoms. The molecule has 1 aromatic carbocycles. The molecule has 1 heterocycles. The summed E-state index contributed by atoms with van der Waals surface area (Å²) in [6.07, 6.45) is 1.23. The van der Waals surface area contributed by atoms with Gasteiger partial charge in [-0.15, -0.1) is 5.10 Å². The van der Waals surface area contributed by atoms with E-state index in [0.717, 1.165) is 0 Å². The quantitative estimate of drug-likeness (QED) is 0.382. The van der Waals surface area contributed by atoms with Crippen LogP contribution in [0.15, 0.2) is 24.4 Å². The van der Waals surface area contributed by atoms with E-state index in [1.54, 1.807) is 0 Å². The molecule has 3 N–H and O–H groups in total. The van der Waals surface area contributed by atoms with Gasteiger partial charge >= 0.3 is 5.69 Å². The van der Waals surface area contributed by atoms with Gasteiger partial charge < -0.3 is 10.5 Å². The summed E-state index contributed by atoms with van der Waals surface area (Å²) in [6.45, 7) is 0. The van der Waals surface area contributed by atoms with Crippen molar-refractivity contribution >= 4 is 11.5 Å². The molecular formula is C11H7F2N5O3. The summed E-state index contributed by atoms with van der Waals surface area (Å²) < 4.78 is 32.1. The molecule has 10 heteroatoms. The molecule has 0 aliphatic rings. The predicted octanol–water partition coefficient (Wildman–Crippen LogP) is 1.74. The first kappa shape index (κ1) is 14.2. The number of halogens is 2. The third-order valence-electron chi connectivity index (χ3n) is 2.38. The number of nitrogen functional groups attached to an aromatic ring is 1. The first-order valence-electron chi connectivity index (χ1n) is 5.37. The van der Waals surface area contributed by atoms with Gasteiger partial charge in [-0.1, -0.05) is 0 Å². The number of nitrogens with zero attached hydrogens (tertiary/aromatic N) is 3. The van der Waals surface area contributed by atoms with Crippen molar-refractivity contribution in [2.45, 2.75) is 0 Å². The number of hydrogen-bond donors (Lipinski definition) is 2. The summed E-state index contributed by atoms with van der Waals surface area (Å²) in [5, 5.41) is 24.8. The van der Waals surface area contributed by atoms with E-state index in [-0.39, 0.29) is 11.4 Å². The van der Waals surface area contributed by atoms with E-state index in [2.05, 4.69) is 10.2 Å². The van der Waals surface area contributed by atoms with Crippen LogP contribution in [0.2, 0.25) is 0 Å². The second-order valence-electron chi connectivity index (χ2n) is 3.76. The Balaban J connectivity index is 2.44. The van der Waals surface area contributed by atoms with E-state index < -0.39 is 33.8 Å². The van der Waals surface area contributed by atoms with Crippen molar-refractivity contribution in [2.24, 2.45) is 5.73 Å². The smallest absolute Gasteiger partial charge is 0.307 e. The molecule has 0 spiro atoms. The molecule has 0 saturated carbocycles. The second-order valence-corrected chi connectivity index (χ2v) is 3.76. The van der Waals surface area contributed by atoms with Crippen LogP contribution >= 0.6 is 0 Å². The minimum Gasteiger partial charge on any atom is -0.434 e. The van der Waals surface area contributed by atoms with Gasteiger partial charge in [0.15, 0.2) is 11.6 Å². The Kier molecular flexibility index (Phi) is 3.69. The number of nitrogens with two attached hydrogens (primary N) is 1. The number of nitro groups is 1. The molecule has 0 amide bonds. The maximum absolute atomic E-state index is 13.7. The predicted molar refractivity (Wildman–Crippen MR) is 66.1 cm³/mol. The van der Waals surface area contributed by atoms with E-state index in [1.807, 2.05) is 0 Å². The van der Waals surface area contributed by atoms with Gasteiger partial charge in [-0.3, -0.25) is 15.5 Å². The summed E-state index contributed by atoms with van der Waals surface area (Å²) in [6, 6.07) is 2.19. The molecule has 0 aliphatic carbocycles. The van der Waals surface area contributed by atoms with Crippen molar-refractivity contribution in [3.8, 4) is 11.6 Å². The number of rotatable bonds is 4. The van der Waals surface area contributed by atoms with E-state index >= 15 is 0 Å². The Labute approximate surface area is 115 Å². The molecule has 0 radical (unpaired) electrons. The lowest BCUT2D eigenvalue weighted by Gasteiger charge is -2.08. The number of amidine groups is 1. The maximum atomic E-state index is 13.7. The fourth-order valence-electron chi connectivity index (χ4n) is 1.44. The highest BCUT2D eigenvalue weighted by atomic mass is 19.1. The highest BCUT2D eigenvalue weighted by Crippen LogP contribution is 2.30. The van der Waals surface area contributed by atoms with Crippen LogP contribution in [0.25, 0.3) is 0 Å². The van der Waals surface area contributed by atoms with Crippen molar-refractivity contribution in [3.05, 3.63) is 51.7 Å². The Morgan fingerprint density at radius 1 is 1.38 bits per heavy atom. The van der Waals surface area contributed by atoms with E-state index in [0.29, 0.717) is 12.1 Å². The highest BCUT2D eigenvalue weighted by molar-refractivity contribution is 5.96. The van der Waals surface area contributed by atoms with Gasteiger partial charge in [0.25, 0.3) is 0 Å². The number of benzene rings is 1. The Bertz CT molecular complexity index is 738. The molecular weight excluding hydrogens is 288 g/mol. The lowest BCUT2D eigenvalue weighted by Crippen LogP contribution is -2.13. The normalized spacial score (nSPS) is 10.2. The number of hydrogen-bond acceptors (Lipinski definition) is 6. The third-order valence-corrected chi connectivity index (χ3v) is 2.38. The zero-order chi connectivity index (χ0) is 15.6. The molecule has 0 fully saturated rings. The standard InChI is InChI=1S/C11H7F2N5O3/c12-6-4-9(7(13)3-8(6)18(19)20)21-11-5(10(14)15)1-2-16-17-11/h1-4H,(H3,14,15). The number of nitro benzene ring substituents is 1. The highest BCUT2D eigenvalue weighted by Gasteiger charge is 2.21. The van der Waals surface area contributed by atoms with E-state index in [9.17, 15) is 18.9 Å². The number of nitrogens with one attached hydrogen (secondary N) is 1. The summed E-state index contributed by atoms with van der Waals surface area (Å²) >= 11 is 0. The van der Waals surface area contributed by atoms with E-state index in [4.69, 9.17) is 15.9 Å². The van der Waals surface area contributed by atoms with Gasteiger partial charge in [0.1, 0.15) is 5.84 Å². The zero-order valence-electron chi connectivity index (χ0n) is 10.2. The van der Waals surface area contributed by atoms with Crippen LogP contribution in [0.3, 0.4) is 0 Å². The summed E-state index contributed by atoms with van der Waals surface area (Å²) in [5.41, 5.74) is 4.27. The zero-order valence-corrected chi connectivity index (χ0v) is 10.2. The first-order valence-corrected chi connectivity index (χ1v) is 5.37. The van der Waals surface area contributed by atoms with Gasteiger partial charge in [0, 0.05) is 6.07 Å². The van der Waals surface area contributed by atoms with Crippen molar-refractivity contribution in [1.29, 1.82) is 5.41 Å². The van der Waals surface area contributed by atoms with Crippen LogP contribution in [0.4, 0.5) is 14.5 Å². The average Bonchev–Trinajstić information content (AvgIpc) is 2.42. The van der Waals surface area contributed by atoms with Crippen molar-refractivity contribution in [3.63, 3.8) is 0 Å². The topological polar surface area (TPSA) is 128 Å². The minimum atomic E-state index is -1.27. The summed E-state index contributed by atoms with van der Waals surface area (Å²) in [7, 11) is 0. The molecule has 2 aromatic rings. The summed E-state index contributed by atoms with van der Waals surface area (Å²) in [5.74, 6) is -3.81. The summed E-state index contributed by atoms with van der Waals surface area (Å²) in [4.78, 5) is 9.41. The fraction of sp³-hybridized carbons (Fsp3) is 0. The number of ether oxygens (including phenoxy) is 1. The average molecular weight is 295 g/mol. The van der Waals surface area contributed by atoms with Gasteiger partial charge in [-0.25, -0.2) is 4.39 Å².